The fraction of sp³-hybridized carbons (Fsp3) is 0.600. The molecule has 1 heterocycles. The van der Waals surface area contributed by atoms with Gasteiger partial charge in [-0.1, -0.05) is 24.3 Å². The van der Waals surface area contributed by atoms with E-state index in [-0.39, 0.29) is 37.3 Å². The van der Waals surface area contributed by atoms with Gasteiger partial charge in [0.2, 0.25) is 0 Å². The Balaban J connectivity index is 0.00000220. The lowest BCUT2D eigenvalue weighted by Gasteiger charge is -2.36. The Labute approximate surface area is 142 Å². The van der Waals surface area contributed by atoms with Gasteiger partial charge in [0.1, 0.15) is 0 Å². The van der Waals surface area contributed by atoms with Crippen molar-refractivity contribution in [3.8, 4) is 0 Å². The van der Waals surface area contributed by atoms with Crippen molar-refractivity contribution in [2.45, 2.75) is 32.0 Å². The Bertz CT molecular complexity index is 435. The number of rotatable bonds is 4. The minimum atomic E-state index is -4.09. The predicted octanol–water partition coefficient (Wildman–Crippen LogP) is 4.13. The monoisotopic (exact) mass is 358 g/mol. The van der Waals surface area contributed by atoms with Crippen molar-refractivity contribution in [2.24, 2.45) is 0 Å². The Hall–Kier alpha value is -0.490. The summed E-state index contributed by atoms with van der Waals surface area (Å²) < 4.78 is 37.7. The van der Waals surface area contributed by atoms with E-state index in [9.17, 15) is 13.2 Å². The first kappa shape index (κ1) is 21.5. The number of hydrogen-bond donors (Lipinski definition) is 1. The van der Waals surface area contributed by atoms with Crippen LogP contribution in [0.5, 0.6) is 0 Å². The zero-order valence-electron chi connectivity index (χ0n) is 12.5. The van der Waals surface area contributed by atoms with E-state index in [1.54, 1.807) is 0 Å². The molecule has 1 aliphatic rings. The van der Waals surface area contributed by atoms with Gasteiger partial charge in [0, 0.05) is 38.6 Å². The summed E-state index contributed by atoms with van der Waals surface area (Å²) in [5.74, 6) is 0. The van der Waals surface area contributed by atoms with E-state index in [0.717, 1.165) is 37.3 Å². The van der Waals surface area contributed by atoms with Gasteiger partial charge in [0.05, 0.1) is 0 Å². The first-order valence-corrected chi connectivity index (χ1v) is 7.04. The lowest BCUT2D eigenvalue weighted by atomic mass is 9.95. The van der Waals surface area contributed by atoms with E-state index in [4.69, 9.17) is 0 Å². The molecule has 0 aromatic heterocycles. The molecular weight excluding hydrogens is 336 g/mol. The van der Waals surface area contributed by atoms with Crippen molar-refractivity contribution in [3.63, 3.8) is 0 Å². The summed E-state index contributed by atoms with van der Waals surface area (Å²) in [4.78, 5) is 2.17. The normalized spacial score (nSPS) is 17.3. The van der Waals surface area contributed by atoms with E-state index in [1.165, 1.54) is 0 Å². The SMILES string of the molecule is Cc1ccccc1[C@@H](CCC(F)(F)F)N1CCNCC1.Cl.Cl. The molecule has 0 amide bonds. The number of nitrogens with one attached hydrogen (secondary N) is 1. The summed E-state index contributed by atoms with van der Waals surface area (Å²) in [6.07, 6.45) is -4.68. The number of piperazine rings is 1. The lowest BCUT2D eigenvalue weighted by molar-refractivity contribution is -0.138. The van der Waals surface area contributed by atoms with Crippen LogP contribution in [0.4, 0.5) is 13.2 Å². The molecule has 0 radical (unpaired) electrons. The fourth-order valence-electron chi connectivity index (χ4n) is 2.79. The molecule has 1 aromatic carbocycles. The van der Waals surface area contributed by atoms with Crippen molar-refractivity contribution < 1.29 is 13.2 Å². The largest absolute Gasteiger partial charge is 0.389 e. The van der Waals surface area contributed by atoms with Crippen LogP contribution in [0, 0.1) is 6.92 Å². The predicted molar refractivity (Wildman–Crippen MR) is 88.1 cm³/mol. The van der Waals surface area contributed by atoms with Crippen LogP contribution in [0.15, 0.2) is 24.3 Å². The average Bonchev–Trinajstić information content (AvgIpc) is 2.41. The molecular formula is C15H23Cl2F3N2. The summed E-state index contributed by atoms with van der Waals surface area (Å²) in [5.41, 5.74) is 2.09. The van der Waals surface area contributed by atoms with Gasteiger partial charge < -0.3 is 5.32 Å². The number of alkyl halides is 3. The quantitative estimate of drug-likeness (QED) is 0.870. The Morgan fingerprint density at radius 2 is 1.73 bits per heavy atom. The van der Waals surface area contributed by atoms with E-state index >= 15 is 0 Å². The molecule has 1 fully saturated rings. The standard InChI is InChI=1S/C15H21F3N2.2ClH/c1-12-4-2-3-5-13(12)14(6-7-15(16,17)18)20-10-8-19-9-11-20;;/h2-5,14,19H,6-11H2,1H3;2*1H/t14-;;/m1../s1. The molecule has 0 unspecified atom stereocenters. The number of aryl methyl sites for hydroxylation is 1. The molecule has 1 saturated heterocycles. The second kappa shape index (κ2) is 9.60. The molecule has 0 spiro atoms. The third kappa shape index (κ3) is 6.32. The van der Waals surface area contributed by atoms with Crippen LogP contribution in [-0.4, -0.2) is 37.3 Å². The second-order valence-corrected chi connectivity index (χ2v) is 5.31. The van der Waals surface area contributed by atoms with Crippen LogP contribution < -0.4 is 5.32 Å². The van der Waals surface area contributed by atoms with Gasteiger partial charge in [0.25, 0.3) is 0 Å². The van der Waals surface area contributed by atoms with Crippen molar-refractivity contribution in [1.29, 1.82) is 0 Å². The highest BCUT2D eigenvalue weighted by atomic mass is 35.5. The molecule has 1 aromatic rings. The Kier molecular flexibility index (Phi) is 9.39. The maximum absolute atomic E-state index is 12.6. The highest BCUT2D eigenvalue weighted by Crippen LogP contribution is 2.33. The Morgan fingerprint density at radius 3 is 2.27 bits per heavy atom. The number of benzene rings is 1. The summed E-state index contributed by atoms with van der Waals surface area (Å²) >= 11 is 0. The summed E-state index contributed by atoms with van der Waals surface area (Å²) in [5, 5.41) is 3.24. The summed E-state index contributed by atoms with van der Waals surface area (Å²) in [6.45, 7) is 5.26. The first-order chi connectivity index (χ1) is 9.47. The summed E-state index contributed by atoms with van der Waals surface area (Å²) in [7, 11) is 0. The first-order valence-electron chi connectivity index (χ1n) is 7.04. The van der Waals surface area contributed by atoms with Gasteiger partial charge >= 0.3 is 6.18 Å². The smallest absolute Gasteiger partial charge is 0.314 e. The molecule has 0 bridgehead atoms. The molecule has 2 rings (SSSR count). The minimum Gasteiger partial charge on any atom is -0.314 e. The maximum atomic E-state index is 12.6. The van der Waals surface area contributed by atoms with Crippen LogP contribution in [0.1, 0.15) is 30.0 Å². The van der Waals surface area contributed by atoms with E-state index < -0.39 is 12.6 Å². The molecule has 7 heteroatoms. The van der Waals surface area contributed by atoms with Gasteiger partial charge in [-0.15, -0.1) is 24.8 Å². The van der Waals surface area contributed by atoms with Crippen molar-refractivity contribution >= 4 is 24.8 Å². The highest BCUT2D eigenvalue weighted by molar-refractivity contribution is 5.85. The maximum Gasteiger partial charge on any atom is 0.389 e. The average molecular weight is 359 g/mol. The van der Waals surface area contributed by atoms with Gasteiger partial charge in [0.15, 0.2) is 0 Å². The van der Waals surface area contributed by atoms with Crippen molar-refractivity contribution in [1.82, 2.24) is 10.2 Å². The number of nitrogens with zero attached hydrogens (tertiary/aromatic N) is 1. The Morgan fingerprint density at radius 1 is 1.14 bits per heavy atom. The van der Waals surface area contributed by atoms with Crippen LogP contribution in [-0.2, 0) is 0 Å². The third-order valence-corrected chi connectivity index (χ3v) is 3.84. The molecule has 0 saturated carbocycles. The van der Waals surface area contributed by atoms with Crippen LogP contribution in [0.25, 0.3) is 0 Å². The van der Waals surface area contributed by atoms with Gasteiger partial charge in [-0.05, 0) is 24.5 Å². The topological polar surface area (TPSA) is 15.3 Å². The van der Waals surface area contributed by atoms with Crippen LogP contribution in [0.3, 0.4) is 0 Å². The van der Waals surface area contributed by atoms with Gasteiger partial charge in [-0.2, -0.15) is 13.2 Å². The lowest BCUT2D eigenvalue weighted by Crippen LogP contribution is -2.45. The van der Waals surface area contributed by atoms with Crippen molar-refractivity contribution in [2.75, 3.05) is 26.2 Å². The minimum absolute atomic E-state index is 0. The molecule has 1 N–H and O–H groups in total. The zero-order valence-corrected chi connectivity index (χ0v) is 14.2. The fourth-order valence-corrected chi connectivity index (χ4v) is 2.79. The van der Waals surface area contributed by atoms with Crippen molar-refractivity contribution in [3.05, 3.63) is 35.4 Å². The molecule has 22 heavy (non-hydrogen) atoms. The molecule has 1 atom stereocenters. The van der Waals surface area contributed by atoms with E-state index in [1.807, 2.05) is 31.2 Å². The molecule has 1 aliphatic heterocycles. The molecule has 2 nitrogen and oxygen atoms in total. The van der Waals surface area contributed by atoms with E-state index in [2.05, 4.69) is 10.2 Å². The van der Waals surface area contributed by atoms with Crippen LogP contribution in [0.2, 0.25) is 0 Å². The number of hydrogen-bond acceptors (Lipinski definition) is 2. The second-order valence-electron chi connectivity index (χ2n) is 5.31. The molecule has 0 aliphatic carbocycles. The van der Waals surface area contributed by atoms with Gasteiger partial charge in [-0.3, -0.25) is 4.90 Å². The number of halogens is 5. The third-order valence-electron chi connectivity index (χ3n) is 3.84. The summed E-state index contributed by atoms with van der Waals surface area (Å²) in [6, 6.07) is 7.62. The van der Waals surface area contributed by atoms with E-state index in [0.29, 0.717) is 0 Å². The molecule has 128 valence electrons. The van der Waals surface area contributed by atoms with Crippen LogP contribution >= 0.6 is 24.8 Å². The van der Waals surface area contributed by atoms with Gasteiger partial charge in [-0.25, -0.2) is 0 Å². The highest BCUT2D eigenvalue weighted by Gasteiger charge is 2.31. The zero-order chi connectivity index (χ0) is 14.6.